The zero-order valence-electron chi connectivity index (χ0n) is 12.1. The summed E-state index contributed by atoms with van der Waals surface area (Å²) in [6.45, 7) is 4.84. The summed E-state index contributed by atoms with van der Waals surface area (Å²) < 4.78 is 5.69. The molecule has 20 heavy (non-hydrogen) atoms. The van der Waals surface area contributed by atoms with Crippen LogP contribution in [0.2, 0.25) is 0 Å². The Labute approximate surface area is 120 Å². The molecule has 2 rings (SSSR count). The van der Waals surface area contributed by atoms with Crippen molar-refractivity contribution in [3.63, 3.8) is 0 Å². The van der Waals surface area contributed by atoms with Crippen LogP contribution in [0.4, 0.5) is 11.4 Å². The molecule has 0 saturated heterocycles. The van der Waals surface area contributed by atoms with Crippen LogP contribution in [0.5, 0.6) is 5.75 Å². The molecule has 0 atom stereocenters. The third kappa shape index (κ3) is 3.92. The Balaban J connectivity index is 1.96. The van der Waals surface area contributed by atoms with Crippen molar-refractivity contribution in [3.05, 3.63) is 54.1 Å². The Hall–Kier alpha value is -2.16. The van der Waals surface area contributed by atoms with Crippen molar-refractivity contribution < 1.29 is 4.74 Å². The van der Waals surface area contributed by atoms with Crippen LogP contribution in [-0.4, -0.2) is 12.6 Å². The summed E-state index contributed by atoms with van der Waals surface area (Å²) >= 11 is 0. The van der Waals surface area contributed by atoms with Crippen molar-refractivity contribution >= 4 is 11.4 Å². The molecule has 2 aromatic carbocycles. The van der Waals surface area contributed by atoms with Crippen LogP contribution < -0.4 is 15.8 Å². The van der Waals surface area contributed by atoms with E-state index >= 15 is 0 Å². The number of hydrogen-bond donors (Lipinski definition) is 2. The molecule has 0 aliphatic carbocycles. The van der Waals surface area contributed by atoms with E-state index in [0.717, 1.165) is 24.4 Å². The molecule has 106 valence electrons. The second-order valence-corrected chi connectivity index (χ2v) is 5.05. The highest BCUT2D eigenvalue weighted by atomic mass is 16.5. The maximum atomic E-state index is 6.12. The van der Waals surface area contributed by atoms with Gasteiger partial charge in [-0.25, -0.2) is 0 Å². The molecule has 0 fully saturated rings. The van der Waals surface area contributed by atoms with E-state index in [0.29, 0.717) is 5.69 Å². The van der Waals surface area contributed by atoms with E-state index in [1.165, 1.54) is 5.56 Å². The smallest absolute Gasteiger partial charge is 0.144 e. The Morgan fingerprint density at radius 3 is 2.50 bits per heavy atom. The van der Waals surface area contributed by atoms with Gasteiger partial charge in [0.05, 0.1) is 17.5 Å². The van der Waals surface area contributed by atoms with Gasteiger partial charge < -0.3 is 15.8 Å². The van der Waals surface area contributed by atoms with Crippen LogP contribution in [0.15, 0.2) is 48.5 Å². The maximum Gasteiger partial charge on any atom is 0.144 e. The van der Waals surface area contributed by atoms with Crippen LogP contribution in [0.25, 0.3) is 0 Å². The van der Waals surface area contributed by atoms with Crippen LogP contribution >= 0.6 is 0 Å². The number of rotatable bonds is 6. The summed E-state index contributed by atoms with van der Waals surface area (Å²) in [4.78, 5) is 0. The second kappa shape index (κ2) is 6.85. The predicted octanol–water partition coefficient (Wildman–Crippen LogP) is 3.71. The normalized spacial score (nSPS) is 10.6. The molecule has 3 nitrogen and oxygen atoms in total. The maximum absolute atomic E-state index is 6.12. The number of nitrogen functional groups attached to an aromatic ring is 1. The SMILES string of the molecule is CC(C)Oc1cccc(NCCc2ccccc2)c1N. The molecule has 0 aliphatic heterocycles. The summed E-state index contributed by atoms with van der Waals surface area (Å²) in [6.07, 6.45) is 1.09. The van der Waals surface area contributed by atoms with Gasteiger partial charge in [-0.05, 0) is 38.0 Å². The quantitative estimate of drug-likeness (QED) is 0.787. The molecule has 0 aliphatic rings. The van der Waals surface area contributed by atoms with Gasteiger partial charge in [-0.15, -0.1) is 0 Å². The minimum Gasteiger partial charge on any atom is -0.489 e. The third-order valence-electron chi connectivity index (χ3n) is 3.00. The van der Waals surface area contributed by atoms with E-state index < -0.39 is 0 Å². The monoisotopic (exact) mass is 270 g/mol. The lowest BCUT2D eigenvalue weighted by Gasteiger charge is -2.15. The van der Waals surface area contributed by atoms with Gasteiger partial charge in [0.15, 0.2) is 0 Å². The lowest BCUT2D eigenvalue weighted by molar-refractivity contribution is 0.244. The Morgan fingerprint density at radius 1 is 1.05 bits per heavy atom. The Kier molecular flexibility index (Phi) is 4.88. The molecular formula is C17H22N2O. The molecule has 0 bridgehead atoms. The first-order valence-electron chi connectivity index (χ1n) is 7.00. The zero-order valence-corrected chi connectivity index (χ0v) is 12.1. The van der Waals surface area contributed by atoms with E-state index in [-0.39, 0.29) is 6.10 Å². The first-order valence-corrected chi connectivity index (χ1v) is 7.00. The zero-order chi connectivity index (χ0) is 14.4. The summed E-state index contributed by atoms with van der Waals surface area (Å²) in [5, 5.41) is 3.37. The van der Waals surface area contributed by atoms with Gasteiger partial charge in [-0.3, -0.25) is 0 Å². The van der Waals surface area contributed by atoms with Crippen LogP contribution in [0.3, 0.4) is 0 Å². The topological polar surface area (TPSA) is 47.3 Å². The first kappa shape index (κ1) is 14.3. The van der Waals surface area contributed by atoms with Gasteiger partial charge in [-0.2, -0.15) is 0 Å². The van der Waals surface area contributed by atoms with E-state index in [4.69, 9.17) is 10.5 Å². The first-order chi connectivity index (χ1) is 9.66. The van der Waals surface area contributed by atoms with Crippen molar-refractivity contribution in [2.24, 2.45) is 0 Å². The number of hydrogen-bond acceptors (Lipinski definition) is 3. The average molecular weight is 270 g/mol. The summed E-state index contributed by atoms with van der Waals surface area (Å²) in [6, 6.07) is 16.2. The minimum absolute atomic E-state index is 0.122. The van der Waals surface area contributed by atoms with Gasteiger partial charge in [-0.1, -0.05) is 36.4 Å². The summed E-state index contributed by atoms with van der Waals surface area (Å²) in [5.41, 5.74) is 9.04. The number of ether oxygens (including phenoxy) is 1. The number of anilines is 2. The fraction of sp³-hybridized carbons (Fsp3) is 0.294. The van der Waals surface area contributed by atoms with Crippen molar-refractivity contribution in [2.45, 2.75) is 26.4 Å². The molecule has 2 aromatic rings. The predicted molar refractivity (Wildman–Crippen MR) is 85.3 cm³/mol. The van der Waals surface area contributed by atoms with Crippen molar-refractivity contribution in [1.82, 2.24) is 0 Å². The van der Waals surface area contributed by atoms with Crippen molar-refractivity contribution in [2.75, 3.05) is 17.6 Å². The average Bonchev–Trinajstić information content (AvgIpc) is 2.43. The molecule has 0 amide bonds. The largest absolute Gasteiger partial charge is 0.489 e. The molecule has 0 aromatic heterocycles. The molecule has 0 spiro atoms. The van der Waals surface area contributed by atoms with Crippen LogP contribution in [0.1, 0.15) is 19.4 Å². The number of nitrogens with one attached hydrogen (secondary N) is 1. The highest BCUT2D eigenvalue weighted by Gasteiger charge is 2.07. The highest BCUT2D eigenvalue weighted by Crippen LogP contribution is 2.30. The van der Waals surface area contributed by atoms with Crippen LogP contribution in [0, 0.1) is 0 Å². The van der Waals surface area contributed by atoms with E-state index in [2.05, 4.69) is 29.6 Å². The molecule has 0 radical (unpaired) electrons. The number of benzene rings is 2. The van der Waals surface area contributed by atoms with Crippen LogP contribution in [-0.2, 0) is 6.42 Å². The number of para-hydroxylation sites is 1. The fourth-order valence-electron chi connectivity index (χ4n) is 2.04. The van der Waals surface area contributed by atoms with Crippen molar-refractivity contribution in [3.8, 4) is 5.75 Å². The molecule has 0 heterocycles. The van der Waals surface area contributed by atoms with Gasteiger partial charge >= 0.3 is 0 Å². The molecule has 0 saturated carbocycles. The van der Waals surface area contributed by atoms with Gasteiger partial charge in [0.2, 0.25) is 0 Å². The minimum atomic E-state index is 0.122. The molecule has 3 N–H and O–H groups in total. The van der Waals surface area contributed by atoms with E-state index in [9.17, 15) is 0 Å². The molecular weight excluding hydrogens is 248 g/mol. The van der Waals surface area contributed by atoms with Crippen molar-refractivity contribution in [1.29, 1.82) is 0 Å². The Bertz CT molecular complexity index is 538. The van der Waals surface area contributed by atoms with Gasteiger partial charge in [0, 0.05) is 6.54 Å². The lowest BCUT2D eigenvalue weighted by Crippen LogP contribution is -2.10. The number of nitrogens with two attached hydrogens (primary N) is 1. The third-order valence-corrected chi connectivity index (χ3v) is 3.00. The molecule has 0 unspecified atom stereocenters. The summed E-state index contributed by atoms with van der Waals surface area (Å²) in [7, 11) is 0. The fourth-order valence-corrected chi connectivity index (χ4v) is 2.04. The van der Waals surface area contributed by atoms with Gasteiger partial charge in [0.1, 0.15) is 5.75 Å². The summed E-state index contributed by atoms with van der Waals surface area (Å²) in [5.74, 6) is 0.740. The second-order valence-electron chi connectivity index (χ2n) is 5.05. The van der Waals surface area contributed by atoms with E-state index in [1.54, 1.807) is 0 Å². The van der Waals surface area contributed by atoms with Gasteiger partial charge in [0.25, 0.3) is 0 Å². The van der Waals surface area contributed by atoms with E-state index in [1.807, 2.05) is 38.1 Å². The Morgan fingerprint density at radius 2 is 1.80 bits per heavy atom. The highest BCUT2D eigenvalue weighted by molar-refractivity contribution is 5.72. The molecule has 3 heteroatoms. The standard InChI is InChI=1S/C17H22N2O/c1-13(2)20-16-10-6-9-15(17(16)18)19-12-11-14-7-4-3-5-8-14/h3-10,13,19H,11-12,18H2,1-2H3. The lowest BCUT2D eigenvalue weighted by atomic mass is 10.1.